The molecule has 1 heterocycles. The van der Waals surface area contributed by atoms with E-state index in [0.29, 0.717) is 11.6 Å². The first kappa shape index (κ1) is 14.8. The molecule has 5 heteroatoms. The molecule has 110 valence electrons. The summed E-state index contributed by atoms with van der Waals surface area (Å²) in [5, 5.41) is 2.78. The molecule has 1 aliphatic heterocycles. The highest BCUT2D eigenvalue weighted by Crippen LogP contribution is 2.23. The average Bonchev–Trinajstić information content (AvgIpc) is 2.46. The third kappa shape index (κ3) is 2.93. The minimum atomic E-state index is -0.387. The molecule has 0 atom stereocenters. The number of rotatable bonds is 3. The molecule has 0 unspecified atom stereocenters. The van der Waals surface area contributed by atoms with Crippen molar-refractivity contribution in [2.45, 2.75) is 18.9 Å². The number of likely N-dealkylation sites (tertiary alicyclic amines) is 1. The summed E-state index contributed by atoms with van der Waals surface area (Å²) in [7, 11) is 5.76. The highest BCUT2D eigenvalue weighted by molar-refractivity contribution is 5.99. The predicted octanol–water partition coefficient (Wildman–Crippen LogP) is 2.03. The van der Waals surface area contributed by atoms with Gasteiger partial charge in [0.1, 0.15) is 5.82 Å². The molecule has 1 amide bonds. The van der Waals surface area contributed by atoms with Gasteiger partial charge in [0, 0.05) is 26.2 Å². The molecule has 0 aromatic heterocycles. The second-order valence-corrected chi connectivity index (χ2v) is 5.40. The number of carbonyl (C=O) groups is 1. The fourth-order valence-corrected chi connectivity index (χ4v) is 2.71. The summed E-state index contributed by atoms with van der Waals surface area (Å²) in [6, 6.07) is 5.14. The number of para-hydroxylation sites is 1. The first-order chi connectivity index (χ1) is 9.54. The van der Waals surface area contributed by atoms with Gasteiger partial charge >= 0.3 is 0 Å². The van der Waals surface area contributed by atoms with Crippen LogP contribution in [0.1, 0.15) is 23.2 Å². The molecule has 0 spiro atoms. The van der Waals surface area contributed by atoms with Crippen molar-refractivity contribution in [3.05, 3.63) is 29.6 Å². The molecule has 1 aromatic rings. The molecule has 0 saturated carbocycles. The van der Waals surface area contributed by atoms with Crippen molar-refractivity contribution in [2.75, 3.05) is 39.5 Å². The van der Waals surface area contributed by atoms with Crippen molar-refractivity contribution < 1.29 is 9.18 Å². The maximum absolute atomic E-state index is 13.7. The molecule has 1 N–H and O–H groups in total. The maximum atomic E-state index is 13.7. The van der Waals surface area contributed by atoms with E-state index in [4.69, 9.17) is 0 Å². The van der Waals surface area contributed by atoms with Gasteiger partial charge in [0.05, 0.1) is 11.3 Å². The molecule has 1 saturated heterocycles. The van der Waals surface area contributed by atoms with E-state index in [9.17, 15) is 9.18 Å². The highest BCUT2D eigenvalue weighted by atomic mass is 19.1. The number of nitrogens with one attached hydrogen (secondary N) is 1. The zero-order valence-electron chi connectivity index (χ0n) is 12.3. The van der Waals surface area contributed by atoms with Crippen LogP contribution < -0.4 is 5.32 Å². The molecule has 1 aliphatic rings. The number of amides is 1. The number of benzene rings is 1. The van der Waals surface area contributed by atoms with Crippen molar-refractivity contribution in [3.63, 3.8) is 0 Å². The van der Waals surface area contributed by atoms with Gasteiger partial charge in [-0.25, -0.2) is 4.39 Å². The quantitative estimate of drug-likeness (QED) is 0.919. The van der Waals surface area contributed by atoms with Gasteiger partial charge in [-0.1, -0.05) is 6.07 Å². The molecule has 0 bridgehead atoms. The normalized spacial score (nSPS) is 16.6. The molecule has 4 nitrogen and oxygen atoms in total. The van der Waals surface area contributed by atoms with Gasteiger partial charge < -0.3 is 15.1 Å². The van der Waals surface area contributed by atoms with Crippen LogP contribution in [0.3, 0.4) is 0 Å². The Morgan fingerprint density at radius 1 is 1.35 bits per heavy atom. The van der Waals surface area contributed by atoms with Crippen molar-refractivity contribution in [2.24, 2.45) is 0 Å². The van der Waals surface area contributed by atoms with Crippen LogP contribution in [-0.2, 0) is 0 Å². The van der Waals surface area contributed by atoms with E-state index in [2.05, 4.69) is 24.3 Å². The third-order valence-corrected chi connectivity index (χ3v) is 3.98. The first-order valence-corrected chi connectivity index (χ1v) is 6.96. The van der Waals surface area contributed by atoms with Gasteiger partial charge in [-0.2, -0.15) is 0 Å². The zero-order chi connectivity index (χ0) is 14.7. The van der Waals surface area contributed by atoms with Gasteiger partial charge in [-0.15, -0.1) is 0 Å². The van der Waals surface area contributed by atoms with E-state index >= 15 is 0 Å². The molecule has 2 rings (SSSR count). The van der Waals surface area contributed by atoms with Crippen LogP contribution in [0.4, 0.5) is 10.1 Å². The minimum Gasteiger partial charge on any atom is -0.385 e. The summed E-state index contributed by atoms with van der Waals surface area (Å²) in [4.78, 5) is 16.5. The molecular weight excluding hydrogens is 257 g/mol. The lowest BCUT2D eigenvalue weighted by Gasteiger charge is -2.35. The van der Waals surface area contributed by atoms with Crippen molar-refractivity contribution >= 4 is 11.6 Å². The van der Waals surface area contributed by atoms with Gasteiger partial charge in [-0.3, -0.25) is 4.79 Å². The third-order valence-electron chi connectivity index (χ3n) is 3.98. The summed E-state index contributed by atoms with van der Waals surface area (Å²) in [6.07, 6.45) is 1.92. The molecular formula is C15H22FN3O. The lowest BCUT2D eigenvalue weighted by atomic mass is 10.0. The molecule has 0 radical (unpaired) electrons. The SMILES string of the molecule is CNc1c(F)cccc1C(=O)N1CCC(N(C)C)CC1. The van der Waals surface area contributed by atoms with E-state index < -0.39 is 0 Å². The molecule has 20 heavy (non-hydrogen) atoms. The summed E-state index contributed by atoms with van der Waals surface area (Å²) < 4.78 is 13.7. The Kier molecular flexibility index (Phi) is 4.60. The number of hydrogen-bond donors (Lipinski definition) is 1. The number of halogens is 1. The van der Waals surface area contributed by atoms with Crippen LogP contribution in [0, 0.1) is 5.82 Å². The second-order valence-electron chi connectivity index (χ2n) is 5.40. The largest absolute Gasteiger partial charge is 0.385 e. The first-order valence-electron chi connectivity index (χ1n) is 6.96. The predicted molar refractivity (Wildman–Crippen MR) is 78.6 cm³/mol. The Hall–Kier alpha value is -1.62. The highest BCUT2D eigenvalue weighted by Gasteiger charge is 2.26. The van der Waals surface area contributed by atoms with Crippen LogP contribution in [0.5, 0.6) is 0 Å². The lowest BCUT2D eigenvalue weighted by Crippen LogP contribution is -2.44. The van der Waals surface area contributed by atoms with Crippen molar-refractivity contribution in [1.82, 2.24) is 9.80 Å². The monoisotopic (exact) mass is 279 g/mol. The Bertz CT molecular complexity index is 482. The number of nitrogens with zero attached hydrogens (tertiary/aromatic N) is 2. The Morgan fingerprint density at radius 3 is 2.55 bits per heavy atom. The minimum absolute atomic E-state index is 0.0916. The van der Waals surface area contributed by atoms with Crippen LogP contribution in [0.15, 0.2) is 18.2 Å². The van der Waals surface area contributed by atoms with E-state index in [0.717, 1.165) is 25.9 Å². The van der Waals surface area contributed by atoms with Crippen molar-refractivity contribution in [3.8, 4) is 0 Å². The number of anilines is 1. The van der Waals surface area contributed by atoms with Gasteiger partial charge in [0.25, 0.3) is 5.91 Å². The van der Waals surface area contributed by atoms with E-state index in [1.807, 2.05) is 4.90 Å². The fraction of sp³-hybridized carbons (Fsp3) is 0.533. The Morgan fingerprint density at radius 2 is 2.00 bits per heavy atom. The molecule has 0 aliphatic carbocycles. The smallest absolute Gasteiger partial charge is 0.256 e. The Balaban J connectivity index is 2.11. The summed E-state index contributed by atoms with van der Waals surface area (Å²) in [5.41, 5.74) is 0.697. The van der Waals surface area contributed by atoms with Gasteiger partial charge in [0.15, 0.2) is 0 Å². The standard InChI is InChI=1S/C15H22FN3O/c1-17-14-12(5-4-6-13(14)16)15(20)19-9-7-11(8-10-19)18(2)3/h4-6,11,17H,7-10H2,1-3H3. The van der Waals surface area contributed by atoms with Crippen LogP contribution in [0.25, 0.3) is 0 Å². The number of piperidine rings is 1. The molecule has 1 aromatic carbocycles. The maximum Gasteiger partial charge on any atom is 0.256 e. The van der Waals surface area contributed by atoms with Gasteiger partial charge in [0.2, 0.25) is 0 Å². The fourth-order valence-electron chi connectivity index (χ4n) is 2.71. The zero-order valence-corrected chi connectivity index (χ0v) is 12.3. The van der Waals surface area contributed by atoms with E-state index in [1.165, 1.54) is 6.07 Å². The van der Waals surface area contributed by atoms with Crippen LogP contribution in [-0.4, -0.2) is 56.0 Å². The van der Waals surface area contributed by atoms with E-state index in [1.54, 1.807) is 19.2 Å². The van der Waals surface area contributed by atoms with Crippen molar-refractivity contribution in [1.29, 1.82) is 0 Å². The summed E-state index contributed by atoms with van der Waals surface area (Å²) in [6.45, 7) is 1.45. The van der Waals surface area contributed by atoms with Crippen LogP contribution in [0.2, 0.25) is 0 Å². The lowest BCUT2D eigenvalue weighted by molar-refractivity contribution is 0.0664. The summed E-state index contributed by atoms with van der Waals surface area (Å²) in [5.74, 6) is -0.479. The average molecular weight is 279 g/mol. The summed E-state index contributed by atoms with van der Waals surface area (Å²) >= 11 is 0. The van der Waals surface area contributed by atoms with Crippen LogP contribution >= 0.6 is 0 Å². The topological polar surface area (TPSA) is 35.6 Å². The second kappa shape index (κ2) is 6.22. The number of hydrogen-bond acceptors (Lipinski definition) is 3. The van der Waals surface area contributed by atoms with Gasteiger partial charge in [-0.05, 0) is 39.1 Å². The molecule has 1 fully saturated rings. The number of carbonyl (C=O) groups excluding carboxylic acids is 1. The Labute approximate surface area is 119 Å². The van der Waals surface area contributed by atoms with E-state index in [-0.39, 0.29) is 17.4 Å².